The Hall–Kier alpha value is -1.65. The molecule has 1 amide bonds. The molecule has 1 aromatic carbocycles. The molecule has 3 nitrogen and oxygen atoms in total. The van der Waals surface area contributed by atoms with Gasteiger partial charge in [-0.3, -0.25) is 9.78 Å². The third kappa shape index (κ3) is 2.97. The summed E-state index contributed by atoms with van der Waals surface area (Å²) in [4.78, 5) is 15.7. The quantitative estimate of drug-likeness (QED) is 0.912. The second kappa shape index (κ2) is 5.33. The van der Waals surface area contributed by atoms with E-state index in [0.717, 1.165) is 6.07 Å². The summed E-state index contributed by atoms with van der Waals surface area (Å²) in [5, 5.41) is 3.09. The number of pyridine rings is 1. The van der Waals surface area contributed by atoms with Gasteiger partial charge in [0.05, 0.1) is 10.7 Å². The van der Waals surface area contributed by atoms with Crippen molar-refractivity contribution in [1.82, 2.24) is 4.98 Å². The van der Waals surface area contributed by atoms with Gasteiger partial charge in [-0.2, -0.15) is 0 Å². The normalized spacial score (nSPS) is 10.2. The fourth-order valence-electron chi connectivity index (χ4n) is 1.31. The largest absolute Gasteiger partial charge is 0.319 e. The molecule has 6 heteroatoms. The van der Waals surface area contributed by atoms with Crippen molar-refractivity contribution in [3.63, 3.8) is 0 Å². The standard InChI is InChI=1S/C12H7Cl2FN2O/c13-7-3-4-16-11(5-7)12(18)17-10-6-8(15)1-2-9(10)14/h1-6H,(H,17,18). The lowest BCUT2D eigenvalue weighted by atomic mass is 10.3. The lowest BCUT2D eigenvalue weighted by molar-refractivity contribution is 0.102. The van der Waals surface area contributed by atoms with Crippen molar-refractivity contribution in [1.29, 1.82) is 0 Å². The lowest BCUT2D eigenvalue weighted by Gasteiger charge is -2.06. The Bertz CT molecular complexity index is 604. The molecule has 0 aliphatic heterocycles. The number of carbonyl (C=O) groups is 1. The average Bonchev–Trinajstić information content (AvgIpc) is 2.34. The maximum Gasteiger partial charge on any atom is 0.274 e. The minimum atomic E-state index is -0.509. The fraction of sp³-hybridized carbons (Fsp3) is 0. The molecule has 0 saturated carbocycles. The van der Waals surface area contributed by atoms with Crippen molar-refractivity contribution in [2.45, 2.75) is 0 Å². The van der Waals surface area contributed by atoms with Gasteiger partial charge in [0, 0.05) is 11.2 Å². The number of benzene rings is 1. The Labute approximate surface area is 113 Å². The van der Waals surface area contributed by atoms with Gasteiger partial charge in [0.2, 0.25) is 0 Å². The summed E-state index contributed by atoms with van der Waals surface area (Å²) in [5.41, 5.74) is 0.311. The molecule has 0 spiro atoms. The molecule has 0 radical (unpaired) electrons. The highest BCUT2D eigenvalue weighted by atomic mass is 35.5. The SMILES string of the molecule is O=C(Nc1cc(F)ccc1Cl)c1cc(Cl)ccn1. The van der Waals surface area contributed by atoms with Gasteiger partial charge in [0.1, 0.15) is 11.5 Å². The molecule has 0 saturated heterocycles. The molecular weight excluding hydrogens is 278 g/mol. The molecule has 1 aromatic heterocycles. The van der Waals surface area contributed by atoms with E-state index in [-0.39, 0.29) is 16.4 Å². The van der Waals surface area contributed by atoms with Crippen molar-refractivity contribution in [3.05, 3.63) is 58.1 Å². The van der Waals surface area contributed by atoms with Crippen LogP contribution in [0.15, 0.2) is 36.5 Å². The zero-order valence-corrected chi connectivity index (χ0v) is 10.5. The van der Waals surface area contributed by atoms with Crippen molar-refractivity contribution in [2.24, 2.45) is 0 Å². The van der Waals surface area contributed by atoms with E-state index in [1.165, 1.54) is 24.4 Å². The minimum Gasteiger partial charge on any atom is -0.319 e. The number of amides is 1. The number of nitrogens with zero attached hydrogens (tertiary/aromatic N) is 1. The van der Waals surface area contributed by atoms with Crippen LogP contribution in [-0.2, 0) is 0 Å². The molecule has 0 unspecified atom stereocenters. The first-order valence-electron chi connectivity index (χ1n) is 4.94. The van der Waals surface area contributed by atoms with E-state index < -0.39 is 11.7 Å². The van der Waals surface area contributed by atoms with Crippen LogP contribution in [0.4, 0.5) is 10.1 Å². The molecule has 0 atom stereocenters. The van der Waals surface area contributed by atoms with Crippen LogP contribution in [0.3, 0.4) is 0 Å². The van der Waals surface area contributed by atoms with Gasteiger partial charge in [-0.1, -0.05) is 23.2 Å². The molecule has 1 heterocycles. The maximum absolute atomic E-state index is 13.0. The van der Waals surface area contributed by atoms with Crippen LogP contribution in [0.5, 0.6) is 0 Å². The van der Waals surface area contributed by atoms with Gasteiger partial charge in [-0.05, 0) is 30.3 Å². The summed E-state index contributed by atoms with van der Waals surface area (Å²) in [6.45, 7) is 0. The number of hydrogen-bond donors (Lipinski definition) is 1. The number of carbonyl (C=O) groups excluding carboxylic acids is 1. The fourth-order valence-corrected chi connectivity index (χ4v) is 1.63. The van der Waals surface area contributed by atoms with E-state index in [0.29, 0.717) is 5.02 Å². The molecule has 0 bridgehead atoms. The van der Waals surface area contributed by atoms with Crippen molar-refractivity contribution < 1.29 is 9.18 Å². The van der Waals surface area contributed by atoms with E-state index in [1.54, 1.807) is 6.07 Å². The summed E-state index contributed by atoms with van der Waals surface area (Å²) < 4.78 is 13.0. The Morgan fingerprint density at radius 3 is 2.72 bits per heavy atom. The number of nitrogens with one attached hydrogen (secondary N) is 1. The van der Waals surface area contributed by atoms with Crippen molar-refractivity contribution in [2.75, 3.05) is 5.32 Å². The van der Waals surface area contributed by atoms with Gasteiger partial charge in [0.15, 0.2) is 0 Å². The molecule has 0 aliphatic carbocycles. The Balaban J connectivity index is 2.24. The molecule has 2 aromatic rings. The van der Waals surface area contributed by atoms with E-state index in [9.17, 15) is 9.18 Å². The summed E-state index contributed by atoms with van der Waals surface area (Å²) in [6, 6.07) is 6.65. The minimum absolute atomic E-state index is 0.128. The van der Waals surface area contributed by atoms with Gasteiger partial charge >= 0.3 is 0 Å². The van der Waals surface area contributed by atoms with Crippen LogP contribution in [0.1, 0.15) is 10.5 Å². The highest BCUT2D eigenvalue weighted by molar-refractivity contribution is 6.34. The van der Waals surface area contributed by atoms with Crippen LogP contribution in [-0.4, -0.2) is 10.9 Å². The van der Waals surface area contributed by atoms with Gasteiger partial charge in [0.25, 0.3) is 5.91 Å². The van der Waals surface area contributed by atoms with E-state index in [1.807, 2.05) is 0 Å². The summed E-state index contributed by atoms with van der Waals surface area (Å²) >= 11 is 11.6. The zero-order chi connectivity index (χ0) is 13.1. The molecule has 1 N–H and O–H groups in total. The highest BCUT2D eigenvalue weighted by Crippen LogP contribution is 2.23. The van der Waals surface area contributed by atoms with E-state index in [4.69, 9.17) is 23.2 Å². The Kier molecular flexibility index (Phi) is 3.79. The first-order valence-corrected chi connectivity index (χ1v) is 5.70. The summed E-state index contributed by atoms with van der Waals surface area (Å²) in [6.07, 6.45) is 1.41. The molecule has 0 aliphatic rings. The smallest absolute Gasteiger partial charge is 0.274 e. The molecular formula is C12H7Cl2FN2O. The predicted octanol–water partition coefficient (Wildman–Crippen LogP) is 3.78. The molecule has 92 valence electrons. The first kappa shape index (κ1) is 12.8. The van der Waals surface area contributed by atoms with Crippen LogP contribution >= 0.6 is 23.2 Å². The third-order valence-corrected chi connectivity index (χ3v) is 2.70. The van der Waals surface area contributed by atoms with Crippen LogP contribution in [0.25, 0.3) is 0 Å². The first-order chi connectivity index (χ1) is 8.56. The number of rotatable bonds is 2. The maximum atomic E-state index is 13.0. The number of hydrogen-bond acceptors (Lipinski definition) is 2. The van der Waals surface area contributed by atoms with Crippen molar-refractivity contribution >= 4 is 34.8 Å². The van der Waals surface area contributed by atoms with Crippen LogP contribution in [0.2, 0.25) is 10.0 Å². The third-order valence-electron chi connectivity index (χ3n) is 2.13. The zero-order valence-electron chi connectivity index (χ0n) is 8.95. The second-order valence-corrected chi connectivity index (χ2v) is 4.28. The van der Waals surface area contributed by atoms with Crippen LogP contribution < -0.4 is 5.32 Å². The van der Waals surface area contributed by atoms with Gasteiger partial charge in [-0.15, -0.1) is 0 Å². The highest BCUT2D eigenvalue weighted by Gasteiger charge is 2.10. The summed E-state index contributed by atoms with van der Waals surface area (Å²) in [5.74, 6) is -1.00. The summed E-state index contributed by atoms with van der Waals surface area (Å²) in [7, 11) is 0. The Morgan fingerprint density at radius 1 is 1.22 bits per heavy atom. The predicted molar refractivity (Wildman–Crippen MR) is 68.6 cm³/mol. The van der Waals surface area contributed by atoms with E-state index in [2.05, 4.69) is 10.3 Å². The second-order valence-electron chi connectivity index (χ2n) is 3.44. The molecule has 0 fully saturated rings. The molecule has 2 rings (SSSR count). The molecule has 18 heavy (non-hydrogen) atoms. The average molecular weight is 285 g/mol. The topological polar surface area (TPSA) is 42.0 Å². The number of anilines is 1. The van der Waals surface area contributed by atoms with Crippen molar-refractivity contribution in [3.8, 4) is 0 Å². The monoisotopic (exact) mass is 284 g/mol. The number of halogens is 3. The Morgan fingerprint density at radius 2 is 2.00 bits per heavy atom. The lowest BCUT2D eigenvalue weighted by Crippen LogP contribution is -2.13. The van der Waals surface area contributed by atoms with Gasteiger partial charge < -0.3 is 5.32 Å². The van der Waals surface area contributed by atoms with Gasteiger partial charge in [-0.25, -0.2) is 4.39 Å². The number of aromatic nitrogens is 1. The van der Waals surface area contributed by atoms with Crippen LogP contribution in [0, 0.1) is 5.82 Å². The van der Waals surface area contributed by atoms with E-state index >= 15 is 0 Å².